The largest absolute Gasteiger partial charge is 0.496 e. The summed E-state index contributed by atoms with van der Waals surface area (Å²) in [5.74, 6) is 0.947. The molecule has 0 bridgehead atoms. The Hall–Kier alpha value is -1.06. The standard InChI is InChI=1S/C15H25NO2/c1-6-7-16-14(10-17-4)13-8-12(3)15(18-5)9-11(13)2/h8-9,14,16H,6-7,10H2,1-5H3. The van der Waals surface area contributed by atoms with Crippen LogP contribution in [0.3, 0.4) is 0 Å². The smallest absolute Gasteiger partial charge is 0.122 e. The molecule has 3 heteroatoms. The number of hydrogen-bond donors (Lipinski definition) is 1. The van der Waals surface area contributed by atoms with Gasteiger partial charge in [0.15, 0.2) is 0 Å². The highest BCUT2D eigenvalue weighted by atomic mass is 16.5. The van der Waals surface area contributed by atoms with Crippen molar-refractivity contribution in [3.8, 4) is 5.75 Å². The van der Waals surface area contributed by atoms with Crippen molar-refractivity contribution in [3.05, 3.63) is 28.8 Å². The Bertz CT molecular complexity index is 377. The van der Waals surface area contributed by atoms with E-state index >= 15 is 0 Å². The number of aryl methyl sites for hydroxylation is 2. The molecule has 0 fully saturated rings. The molecule has 0 aromatic heterocycles. The zero-order chi connectivity index (χ0) is 13.5. The first-order valence-corrected chi connectivity index (χ1v) is 6.51. The fraction of sp³-hybridized carbons (Fsp3) is 0.600. The van der Waals surface area contributed by atoms with E-state index in [2.05, 4.69) is 38.2 Å². The van der Waals surface area contributed by atoms with Gasteiger partial charge in [-0.3, -0.25) is 0 Å². The highest BCUT2D eigenvalue weighted by molar-refractivity contribution is 5.42. The second kappa shape index (κ2) is 7.39. The molecule has 0 aliphatic carbocycles. The van der Waals surface area contributed by atoms with E-state index < -0.39 is 0 Å². The molecule has 0 aliphatic heterocycles. The van der Waals surface area contributed by atoms with Gasteiger partial charge in [-0.2, -0.15) is 0 Å². The van der Waals surface area contributed by atoms with Crippen LogP contribution in [0.2, 0.25) is 0 Å². The van der Waals surface area contributed by atoms with Crippen LogP contribution in [0.4, 0.5) is 0 Å². The van der Waals surface area contributed by atoms with Gasteiger partial charge in [-0.1, -0.05) is 13.0 Å². The SMILES string of the molecule is CCCNC(COC)c1cc(C)c(OC)cc1C. The normalized spacial score (nSPS) is 12.5. The molecule has 0 radical (unpaired) electrons. The van der Waals surface area contributed by atoms with E-state index in [9.17, 15) is 0 Å². The Morgan fingerprint density at radius 1 is 1.17 bits per heavy atom. The van der Waals surface area contributed by atoms with E-state index in [1.54, 1.807) is 14.2 Å². The summed E-state index contributed by atoms with van der Waals surface area (Å²) in [6.45, 7) is 8.05. The molecule has 1 rings (SSSR count). The van der Waals surface area contributed by atoms with Gasteiger partial charge in [-0.25, -0.2) is 0 Å². The zero-order valence-corrected chi connectivity index (χ0v) is 12.2. The van der Waals surface area contributed by atoms with Gasteiger partial charge in [0.1, 0.15) is 5.75 Å². The third-order valence-corrected chi connectivity index (χ3v) is 3.13. The van der Waals surface area contributed by atoms with Crippen molar-refractivity contribution in [2.24, 2.45) is 0 Å². The van der Waals surface area contributed by atoms with E-state index in [4.69, 9.17) is 9.47 Å². The zero-order valence-electron chi connectivity index (χ0n) is 12.2. The molecule has 0 aliphatic rings. The lowest BCUT2D eigenvalue weighted by atomic mass is 9.98. The Morgan fingerprint density at radius 2 is 1.89 bits per heavy atom. The third kappa shape index (κ3) is 3.72. The number of rotatable bonds is 7. The van der Waals surface area contributed by atoms with Crippen LogP contribution >= 0.6 is 0 Å². The van der Waals surface area contributed by atoms with Crippen LogP contribution in [0.5, 0.6) is 5.75 Å². The lowest BCUT2D eigenvalue weighted by Crippen LogP contribution is -2.26. The summed E-state index contributed by atoms with van der Waals surface area (Å²) >= 11 is 0. The second-order valence-electron chi connectivity index (χ2n) is 4.64. The molecule has 0 heterocycles. The van der Waals surface area contributed by atoms with Gasteiger partial charge < -0.3 is 14.8 Å². The maximum absolute atomic E-state index is 5.35. The van der Waals surface area contributed by atoms with E-state index in [1.807, 2.05) is 0 Å². The summed E-state index contributed by atoms with van der Waals surface area (Å²) in [6.07, 6.45) is 1.12. The summed E-state index contributed by atoms with van der Waals surface area (Å²) in [5.41, 5.74) is 3.70. The highest BCUT2D eigenvalue weighted by Crippen LogP contribution is 2.26. The lowest BCUT2D eigenvalue weighted by molar-refractivity contribution is 0.166. The van der Waals surface area contributed by atoms with E-state index in [-0.39, 0.29) is 6.04 Å². The summed E-state index contributed by atoms with van der Waals surface area (Å²) in [6, 6.07) is 4.54. The number of hydrogen-bond acceptors (Lipinski definition) is 3. The molecule has 0 saturated heterocycles. The number of ether oxygens (including phenoxy) is 2. The molecule has 1 aromatic carbocycles. The first kappa shape index (κ1) is 15.0. The Labute approximate surface area is 110 Å². The van der Waals surface area contributed by atoms with Crippen LogP contribution in [-0.2, 0) is 4.74 Å². The predicted molar refractivity (Wildman–Crippen MR) is 75.4 cm³/mol. The van der Waals surface area contributed by atoms with Crippen molar-refractivity contribution in [2.75, 3.05) is 27.4 Å². The second-order valence-corrected chi connectivity index (χ2v) is 4.64. The van der Waals surface area contributed by atoms with E-state index in [0.717, 1.165) is 24.3 Å². The van der Waals surface area contributed by atoms with Crippen molar-refractivity contribution in [1.82, 2.24) is 5.32 Å². The molecule has 1 atom stereocenters. The maximum Gasteiger partial charge on any atom is 0.122 e. The molecule has 3 nitrogen and oxygen atoms in total. The summed E-state index contributed by atoms with van der Waals surface area (Å²) in [5, 5.41) is 3.53. The fourth-order valence-electron chi connectivity index (χ4n) is 2.15. The molecule has 1 aromatic rings. The molecule has 1 unspecified atom stereocenters. The lowest BCUT2D eigenvalue weighted by Gasteiger charge is -2.21. The van der Waals surface area contributed by atoms with Crippen LogP contribution in [0.1, 0.15) is 36.1 Å². The summed E-state index contributed by atoms with van der Waals surface area (Å²) in [7, 11) is 3.45. The number of benzene rings is 1. The topological polar surface area (TPSA) is 30.5 Å². The number of methoxy groups -OCH3 is 2. The maximum atomic E-state index is 5.35. The Balaban J connectivity index is 2.99. The van der Waals surface area contributed by atoms with Gasteiger partial charge in [0.05, 0.1) is 19.8 Å². The van der Waals surface area contributed by atoms with E-state index in [1.165, 1.54) is 11.1 Å². The first-order valence-electron chi connectivity index (χ1n) is 6.51. The average Bonchev–Trinajstić information content (AvgIpc) is 2.37. The van der Waals surface area contributed by atoms with Crippen molar-refractivity contribution >= 4 is 0 Å². The van der Waals surface area contributed by atoms with Crippen molar-refractivity contribution in [3.63, 3.8) is 0 Å². The van der Waals surface area contributed by atoms with Gasteiger partial charge in [0.25, 0.3) is 0 Å². The molecule has 1 N–H and O–H groups in total. The Morgan fingerprint density at radius 3 is 2.44 bits per heavy atom. The van der Waals surface area contributed by atoms with Gasteiger partial charge >= 0.3 is 0 Å². The minimum Gasteiger partial charge on any atom is -0.496 e. The molecule has 0 saturated carbocycles. The van der Waals surface area contributed by atoms with Crippen LogP contribution < -0.4 is 10.1 Å². The minimum absolute atomic E-state index is 0.250. The van der Waals surface area contributed by atoms with Crippen molar-refractivity contribution in [1.29, 1.82) is 0 Å². The predicted octanol–water partition coefficient (Wildman–Crippen LogP) is 3.00. The molecule has 0 spiro atoms. The average molecular weight is 251 g/mol. The van der Waals surface area contributed by atoms with Crippen molar-refractivity contribution in [2.45, 2.75) is 33.2 Å². The van der Waals surface area contributed by atoms with E-state index in [0.29, 0.717) is 6.61 Å². The van der Waals surface area contributed by atoms with Crippen molar-refractivity contribution < 1.29 is 9.47 Å². The van der Waals surface area contributed by atoms with Crippen LogP contribution in [0, 0.1) is 13.8 Å². The minimum atomic E-state index is 0.250. The van der Waals surface area contributed by atoms with Gasteiger partial charge in [-0.05, 0) is 49.6 Å². The molecular formula is C15H25NO2. The van der Waals surface area contributed by atoms with Gasteiger partial charge in [0, 0.05) is 7.11 Å². The van der Waals surface area contributed by atoms with Gasteiger partial charge in [-0.15, -0.1) is 0 Å². The number of nitrogens with one attached hydrogen (secondary N) is 1. The quantitative estimate of drug-likeness (QED) is 0.808. The molecule has 102 valence electrons. The fourth-order valence-corrected chi connectivity index (χ4v) is 2.15. The molecule has 0 amide bonds. The third-order valence-electron chi connectivity index (χ3n) is 3.13. The van der Waals surface area contributed by atoms with Crippen LogP contribution in [-0.4, -0.2) is 27.4 Å². The molecular weight excluding hydrogens is 226 g/mol. The van der Waals surface area contributed by atoms with Crippen LogP contribution in [0.25, 0.3) is 0 Å². The van der Waals surface area contributed by atoms with Crippen LogP contribution in [0.15, 0.2) is 12.1 Å². The summed E-state index contributed by atoms with van der Waals surface area (Å²) < 4.78 is 10.7. The monoisotopic (exact) mass is 251 g/mol. The first-order chi connectivity index (χ1) is 8.63. The van der Waals surface area contributed by atoms with Gasteiger partial charge in [0.2, 0.25) is 0 Å². The summed E-state index contributed by atoms with van der Waals surface area (Å²) in [4.78, 5) is 0. The Kier molecular flexibility index (Phi) is 6.16. The molecule has 18 heavy (non-hydrogen) atoms. The highest BCUT2D eigenvalue weighted by Gasteiger charge is 2.14.